The minimum Gasteiger partial charge on any atom is -0.386 e. The van der Waals surface area contributed by atoms with Gasteiger partial charge >= 0.3 is 0 Å². The summed E-state index contributed by atoms with van der Waals surface area (Å²) in [4.78, 5) is 32.1. The largest absolute Gasteiger partial charge is 0.386 e. The maximum Gasteiger partial charge on any atom is 0.251 e. The third-order valence-corrected chi connectivity index (χ3v) is 8.38. The van der Waals surface area contributed by atoms with Crippen molar-refractivity contribution in [3.63, 3.8) is 0 Å². The zero-order valence-electron chi connectivity index (χ0n) is 23.4. The van der Waals surface area contributed by atoms with Gasteiger partial charge in [0.2, 0.25) is 0 Å². The van der Waals surface area contributed by atoms with Crippen LogP contribution in [0, 0.1) is 16.7 Å². The van der Waals surface area contributed by atoms with Crippen LogP contribution in [-0.4, -0.2) is 47.9 Å². The Hall–Kier alpha value is -2.74. The molecule has 3 rings (SSSR count). The van der Waals surface area contributed by atoms with Crippen LogP contribution >= 0.6 is 23.2 Å². The second-order valence-corrected chi connectivity index (χ2v) is 12.4. The van der Waals surface area contributed by atoms with Crippen LogP contribution in [0.2, 0.25) is 10.0 Å². The highest BCUT2D eigenvalue weighted by atomic mass is 35.5. The summed E-state index contributed by atoms with van der Waals surface area (Å²) in [5.74, 6) is 0.171. The lowest BCUT2D eigenvalue weighted by atomic mass is 9.69. The molecule has 0 saturated heterocycles. The van der Waals surface area contributed by atoms with E-state index in [2.05, 4.69) is 37.9 Å². The number of halogens is 2. The predicted octanol–water partition coefficient (Wildman–Crippen LogP) is 6.27. The van der Waals surface area contributed by atoms with Gasteiger partial charge in [-0.15, -0.1) is 0 Å². The Kier molecular flexibility index (Phi) is 9.97. The van der Waals surface area contributed by atoms with E-state index in [0.29, 0.717) is 32.8 Å². The molecule has 1 aliphatic rings. The SMILES string of the molecule is CC(c1ccc(C(=O)NCC(=N)N)cc1)N(C)C1(/N=C(\C=O)c2cc(Cl)cc(Cl)c2)CCC(C(C)(C)C)CC1. The molecular formula is C30H39Cl2N5O2. The van der Waals surface area contributed by atoms with Gasteiger partial charge in [-0.05, 0) is 86.9 Å². The van der Waals surface area contributed by atoms with Gasteiger partial charge in [-0.25, -0.2) is 0 Å². The van der Waals surface area contributed by atoms with Crippen LogP contribution < -0.4 is 11.1 Å². The molecule has 2 aromatic carbocycles. The second-order valence-electron chi connectivity index (χ2n) is 11.5. The first kappa shape index (κ1) is 30.8. The number of aldehydes is 1. The maximum absolute atomic E-state index is 12.4. The number of benzene rings is 2. The van der Waals surface area contributed by atoms with E-state index in [-0.39, 0.29) is 29.7 Å². The van der Waals surface area contributed by atoms with E-state index < -0.39 is 5.66 Å². The van der Waals surface area contributed by atoms with E-state index in [1.807, 2.05) is 19.2 Å². The molecule has 0 aromatic heterocycles. The van der Waals surface area contributed by atoms with Crippen molar-refractivity contribution in [3.8, 4) is 0 Å². The number of nitrogens with one attached hydrogen (secondary N) is 2. The summed E-state index contributed by atoms with van der Waals surface area (Å²) in [6.07, 6.45) is 4.36. The first-order chi connectivity index (χ1) is 18.3. The van der Waals surface area contributed by atoms with Gasteiger partial charge in [0.1, 0.15) is 17.2 Å². The number of rotatable bonds is 9. The van der Waals surface area contributed by atoms with Crippen molar-refractivity contribution in [2.75, 3.05) is 13.6 Å². The summed E-state index contributed by atoms with van der Waals surface area (Å²) in [6.45, 7) is 8.94. The molecule has 7 nitrogen and oxygen atoms in total. The maximum atomic E-state index is 12.4. The number of carbonyl (C=O) groups excluding carboxylic acids is 2. The van der Waals surface area contributed by atoms with Crippen molar-refractivity contribution in [2.24, 2.45) is 22.1 Å². The van der Waals surface area contributed by atoms with Gasteiger partial charge < -0.3 is 11.1 Å². The monoisotopic (exact) mass is 571 g/mol. The average molecular weight is 573 g/mol. The Morgan fingerprint density at radius 2 is 1.72 bits per heavy atom. The Morgan fingerprint density at radius 1 is 1.15 bits per heavy atom. The molecule has 9 heteroatoms. The zero-order valence-corrected chi connectivity index (χ0v) is 24.9. The number of carbonyl (C=O) groups is 2. The molecule has 1 fully saturated rings. The van der Waals surface area contributed by atoms with Gasteiger partial charge in [0.25, 0.3) is 5.91 Å². The molecular weight excluding hydrogens is 533 g/mol. The first-order valence-corrected chi connectivity index (χ1v) is 14.0. The topological polar surface area (TPSA) is 112 Å². The number of hydrogen-bond acceptors (Lipinski definition) is 5. The van der Waals surface area contributed by atoms with Gasteiger partial charge in [0, 0.05) is 27.2 Å². The summed E-state index contributed by atoms with van der Waals surface area (Å²) < 4.78 is 0. The van der Waals surface area contributed by atoms with E-state index in [4.69, 9.17) is 39.3 Å². The normalized spacial score (nSPS) is 20.9. The standard InChI is InChI=1S/C30H39Cl2N5O2/c1-19(20-6-8-21(9-7-20)28(39)35-17-27(33)34)37(5)30(12-10-23(11-13-30)29(2,3)4)36-26(18-38)22-14-24(31)16-25(32)15-22/h6-9,14-16,18-19,23H,10-13,17H2,1-5H3,(H3,33,34)(H,35,39)/b36-26+. The molecule has 1 unspecified atom stereocenters. The van der Waals surface area contributed by atoms with E-state index in [1.54, 1.807) is 30.3 Å². The van der Waals surface area contributed by atoms with E-state index in [0.717, 1.165) is 37.5 Å². The highest BCUT2D eigenvalue weighted by Gasteiger charge is 2.43. The van der Waals surface area contributed by atoms with Crippen LogP contribution in [0.1, 0.15) is 80.9 Å². The van der Waals surface area contributed by atoms with Crippen LogP contribution in [-0.2, 0) is 4.79 Å². The number of hydrogen-bond donors (Lipinski definition) is 3. The smallest absolute Gasteiger partial charge is 0.251 e. The Labute approximate surface area is 241 Å². The third-order valence-electron chi connectivity index (χ3n) is 7.94. The molecule has 1 amide bonds. The molecule has 39 heavy (non-hydrogen) atoms. The quantitative estimate of drug-likeness (QED) is 0.187. The molecule has 1 aliphatic carbocycles. The lowest BCUT2D eigenvalue weighted by Crippen LogP contribution is -2.50. The Balaban J connectivity index is 1.95. The average Bonchev–Trinajstić information content (AvgIpc) is 2.88. The van der Waals surface area contributed by atoms with Gasteiger partial charge in [-0.1, -0.05) is 56.1 Å². The number of aliphatic imine (C=N–C) groups is 1. The molecule has 1 saturated carbocycles. The van der Waals surface area contributed by atoms with E-state index in [9.17, 15) is 9.59 Å². The summed E-state index contributed by atoms with van der Waals surface area (Å²) in [5.41, 5.74) is 7.36. The van der Waals surface area contributed by atoms with Gasteiger partial charge in [0.05, 0.1) is 6.54 Å². The van der Waals surface area contributed by atoms with Crippen LogP contribution in [0.3, 0.4) is 0 Å². The highest BCUT2D eigenvalue weighted by molar-refractivity contribution is 6.39. The summed E-state index contributed by atoms with van der Waals surface area (Å²) in [6, 6.07) is 12.4. The van der Waals surface area contributed by atoms with Crippen LogP contribution in [0.15, 0.2) is 47.5 Å². The number of amidine groups is 1. The molecule has 0 heterocycles. The zero-order chi connectivity index (χ0) is 29.0. The fraction of sp³-hybridized carbons (Fsp3) is 0.467. The van der Waals surface area contributed by atoms with Crippen LogP contribution in [0.4, 0.5) is 0 Å². The molecule has 4 N–H and O–H groups in total. The number of nitrogens with two attached hydrogens (primary N) is 1. The predicted molar refractivity (Wildman–Crippen MR) is 160 cm³/mol. The van der Waals surface area contributed by atoms with Crippen molar-refractivity contribution < 1.29 is 9.59 Å². The summed E-state index contributed by atoms with van der Waals surface area (Å²) >= 11 is 12.5. The van der Waals surface area contributed by atoms with Gasteiger partial charge in [-0.3, -0.25) is 24.9 Å². The molecule has 0 radical (unpaired) electrons. The fourth-order valence-electron chi connectivity index (χ4n) is 5.35. The molecule has 0 bridgehead atoms. The molecule has 210 valence electrons. The fourth-order valence-corrected chi connectivity index (χ4v) is 5.88. The van der Waals surface area contributed by atoms with Crippen molar-refractivity contribution in [3.05, 3.63) is 69.2 Å². The number of nitrogens with zero attached hydrogens (tertiary/aromatic N) is 2. The molecule has 0 spiro atoms. The lowest BCUT2D eigenvalue weighted by Gasteiger charge is -2.48. The summed E-state index contributed by atoms with van der Waals surface area (Å²) in [7, 11) is 2.05. The van der Waals surface area contributed by atoms with Crippen molar-refractivity contribution >= 4 is 46.9 Å². The van der Waals surface area contributed by atoms with E-state index >= 15 is 0 Å². The number of amides is 1. The molecule has 0 aliphatic heterocycles. The van der Waals surface area contributed by atoms with Crippen LogP contribution in [0.25, 0.3) is 0 Å². The minimum atomic E-state index is -0.607. The molecule has 1 atom stereocenters. The second kappa shape index (κ2) is 12.6. The Bertz CT molecular complexity index is 1210. The summed E-state index contributed by atoms with van der Waals surface area (Å²) in [5, 5.41) is 10.8. The lowest BCUT2D eigenvalue weighted by molar-refractivity contribution is -0.102. The van der Waals surface area contributed by atoms with Gasteiger partial charge in [-0.2, -0.15) is 0 Å². The highest BCUT2D eigenvalue weighted by Crippen LogP contribution is 2.46. The first-order valence-electron chi connectivity index (χ1n) is 13.2. The van der Waals surface area contributed by atoms with Crippen molar-refractivity contribution in [1.29, 1.82) is 5.41 Å². The van der Waals surface area contributed by atoms with Crippen molar-refractivity contribution in [1.82, 2.24) is 10.2 Å². The minimum absolute atomic E-state index is 0.00666. The molecule has 2 aromatic rings. The van der Waals surface area contributed by atoms with Gasteiger partial charge in [0.15, 0.2) is 6.29 Å². The third kappa shape index (κ3) is 7.68. The Morgan fingerprint density at radius 3 is 2.21 bits per heavy atom. The van der Waals surface area contributed by atoms with E-state index in [1.165, 1.54) is 0 Å². The van der Waals surface area contributed by atoms with Crippen LogP contribution in [0.5, 0.6) is 0 Å². The van der Waals surface area contributed by atoms with Crippen molar-refractivity contribution in [2.45, 2.75) is 65.1 Å².